The Labute approximate surface area is 369 Å². The molecule has 0 aliphatic heterocycles. The zero-order chi connectivity index (χ0) is 44.2. The molecule has 0 radical (unpaired) electrons. The second-order valence-electron chi connectivity index (χ2n) is 17.7. The number of carbonyl (C=O) groups excluding carboxylic acids is 2. The summed E-state index contributed by atoms with van der Waals surface area (Å²) in [5, 5.41) is 9.64. The fraction of sp³-hybridized carbons (Fsp3) is 0.788. The van der Waals surface area contributed by atoms with Crippen molar-refractivity contribution >= 4 is 17.9 Å². The van der Waals surface area contributed by atoms with E-state index in [1.807, 2.05) is 21.1 Å². The molecule has 0 aromatic carbocycles. The lowest BCUT2D eigenvalue weighted by Gasteiger charge is -2.31. The van der Waals surface area contributed by atoms with Gasteiger partial charge in [0.05, 0.1) is 34.4 Å². The SMILES string of the molecule is CCCCCCCC/C=C/C/C=C/C/C=C/CCCC(=O)OCC(COCCC(C(=O)O)[N+](C)(C)C)OC(=O)CCCCCCCCC/C=C/CCCCCCCCCC. The van der Waals surface area contributed by atoms with Gasteiger partial charge in [-0.3, -0.25) is 9.59 Å². The highest BCUT2D eigenvalue weighted by atomic mass is 16.6. The lowest BCUT2D eigenvalue weighted by molar-refractivity contribution is -0.887. The van der Waals surface area contributed by atoms with Crippen molar-refractivity contribution in [2.45, 2.75) is 225 Å². The van der Waals surface area contributed by atoms with Crippen LogP contribution in [0, 0.1) is 0 Å². The van der Waals surface area contributed by atoms with Crippen molar-refractivity contribution in [3.8, 4) is 0 Å². The number of aliphatic carboxylic acids is 1. The van der Waals surface area contributed by atoms with Crippen LogP contribution in [0.4, 0.5) is 0 Å². The van der Waals surface area contributed by atoms with Crippen molar-refractivity contribution in [2.75, 3.05) is 41.0 Å². The van der Waals surface area contributed by atoms with Gasteiger partial charge in [-0.2, -0.15) is 0 Å². The molecule has 2 atom stereocenters. The van der Waals surface area contributed by atoms with Crippen molar-refractivity contribution in [1.82, 2.24) is 0 Å². The molecule has 0 bridgehead atoms. The van der Waals surface area contributed by atoms with E-state index in [1.165, 1.54) is 135 Å². The largest absolute Gasteiger partial charge is 0.477 e. The zero-order valence-corrected chi connectivity index (χ0v) is 39.7. The summed E-state index contributed by atoms with van der Waals surface area (Å²) in [5.41, 5.74) is 0. The van der Waals surface area contributed by atoms with Crippen molar-refractivity contribution in [2.24, 2.45) is 0 Å². The van der Waals surface area contributed by atoms with Gasteiger partial charge in [-0.15, -0.1) is 0 Å². The van der Waals surface area contributed by atoms with E-state index in [2.05, 4.69) is 62.5 Å². The molecule has 8 nitrogen and oxygen atoms in total. The minimum absolute atomic E-state index is 0.0437. The number of hydrogen-bond donors (Lipinski definition) is 1. The predicted octanol–water partition coefficient (Wildman–Crippen LogP) is 14.0. The minimum Gasteiger partial charge on any atom is -0.477 e. The van der Waals surface area contributed by atoms with Gasteiger partial charge in [0.1, 0.15) is 6.61 Å². The number of likely N-dealkylation sites (N-methyl/N-ethyl adjacent to an activating group) is 1. The van der Waals surface area contributed by atoms with Gasteiger partial charge in [-0.1, -0.05) is 172 Å². The summed E-state index contributed by atoms with van der Waals surface area (Å²) in [6.07, 6.45) is 51.6. The average Bonchev–Trinajstić information content (AvgIpc) is 3.21. The van der Waals surface area contributed by atoms with Crippen LogP contribution in [0.2, 0.25) is 0 Å². The Kier molecular flexibility index (Phi) is 41.0. The lowest BCUT2D eigenvalue weighted by atomic mass is 10.1. The number of esters is 2. The molecule has 8 heteroatoms. The highest BCUT2D eigenvalue weighted by molar-refractivity contribution is 5.72. The maximum Gasteiger partial charge on any atom is 0.362 e. The Morgan fingerprint density at radius 2 is 0.900 bits per heavy atom. The van der Waals surface area contributed by atoms with Gasteiger partial charge in [-0.05, 0) is 70.6 Å². The summed E-state index contributed by atoms with van der Waals surface area (Å²) in [5.74, 6) is -1.53. The predicted molar refractivity (Wildman–Crippen MR) is 252 cm³/mol. The molecule has 60 heavy (non-hydrogen) atoms. The lowest BCUT2D eigenvalue weighted by Crippen LogP contribution is -2.50. The van der Waals surface area contributed by atoms with Crippen molar-refractivity contribution in [3.05, 3.63) is 48.6 Å². The molecule has 0 fully saturated rings. The van der Waals surface area contributed by atoms with E-state index in [0.29, 0.717) is 19.3 Å². The molecular formula is C52H94NO7+. The van der Waals surface area contributed by atoms with E-state index >= 15 is 0 Å². The number of nitrogens with zero attached hydrogens (tertiary/aromatic N) is 1. The number of carboxylic acids is 1. The van der Waals surface area contributed by atoms with Crippen LogP contribution in [0.25, 0.3) is 0 Å². The van der Waals surface area contributed by atoms with Crippen LogP contribution in [0.3, 0.4) is 0 Å². The third kappa shape index (κ3) is 40.7. The molecule has 0 spiro atoms. The van der Waals surface area contributed by atoms with Crippen molar-refractivity contribution in [3.63, 3.8) is 0 Å². The average molecular weight is 845 g/mol. The Balaban J connectivity index is 4.36. The molecule has 0 heterocycles. The van der Waals surface area contributed by atoms with E-state index < -0.39 is 18.1 Å². The van der Waals surface area contributed by atoms with E-state index in [9.17, 15) is 19.5 Å². The summed E-state index contributed by atoms with van der Waals surface area (Å²) in [6.45, 7) is 4.69. The van der Waals surface area contributed by atoms with E-state index in [1.54, 1.807) is 0 Å². The van der Waals surface area contributed by atoms with Crippen molar-refractivity contribution in [1.29, 1.82) is 0 Å². The molecule has 0 saturated heterocycles. The van der Waals surface area contributed by atoms with Crippen LogP contribution in [-0.2, 0) is 28.6 Å². The molecule has 0 saturated carbocycles. The molecule has 0 rings (SSSR count). The quantitative estimate of drug-likeness (QED) is 0.0282. The Morgan fingerprint density at radius 1 is 0.500 bits per heavy atom. The van der Waals surface area contributed by atoms with Gasteiger partial charge < -0.3 is 23.8 Å². The second-order valence-corrected chi connectivity index (χ2v) is 17.7. The first-order valence-corrected chi connectivity index (χ1v) is 24.7. The zero-order valence-electron chi connectivity index (χ0n) is 39.7. The van der Waals surface area contributed by atoms with Gasteiger partial charge in [-0.25, -0.2) is 4.79 Å². The number of hydrogen-bond acceptors (Lipinski definition) is 6. The van der Waals surface area contributed by atoms with Crippen LogP contribution >= 0.6 is 0 Å². The van der Waals surface area contributed by atoms with E-state index in [4.69, 9.17) is 14.2 Å². The maximum atomic E-state index is 12.8. The number of rotatable bonds is 44. The van der Waals surface area contributed by atoms with Gasteiger partial charge in [0.2, 0.25) is 0 Å². The second kappa shape index (κ2) is 43.0. The first-order chi connectivity index (χ1) is 29.1. The summed E-state index contributed by atoms with van der Waals surface area (Å²) in [4.78, 5) is 37.1. The number of unbranched alkanes of at least 4 members (excludes halogenated alkanes) is 22. The Morgan fingerprint density at radius 3 is 1.37 bits per heavy atom. The van der Waals surface area contributed by atoms with E-state index in [0.717, 1.165) is 38.5 Å². The molecular weight excluding hydrogens is 751 g/mol. The van der Waals surface area contributed by atoms with Crippen LogP contribution in [0.1, 0.15) is 213 Å². The fourth-order valence-corrected chi connectivity index (χ4v) is 7.10. The summed E-state index contributed by atoms with van der Waals surface area (Å²) in [7, 11) is 5.52. The summed E-state index contributed by atoms with van der Waals surface area (Å²) >= 11 is 0. The Bertz CT molecular complexity index is 1120. The topological polar surface area (TPSA) is 99.1 Å². The van der Waals surface area contributed by atoms with Gasteiger partial charge in [0, 0.05) is 19.3 Å². The summed E-state index contributed by atoms with van der Waals surface area (Å²) < 4.78 is 17.3. The van der Waals surface area contributed by atoms with Gasteiger partial charge in [0.25, 0.3) is 0 Å². The third-order valence-electron chi connectivity index (χ3n) is 11.0. The first kappa shape index (κ1) is 57.3. The molecule has 0 aliphatic rings. The smallest absolute Gasteiger partial charge is 0.362 e. The molecule has 348 valence electrons. The fourth-order valence-electron chi connectivity index (χ4n) is 7.10. The molecule has 0 amide bonds. The molecule has 2 unspecified atom stereocenters. The van der Waals surface area contributed by atoms with Crippen LogP contribution in [0.5, 0.6) is 0 Å². The minimum atomic E-state index is -0.882. The van der Waals surface area contributed by atoms with E-state index in [-0.39, 0.29) is 42.7 Å². The molecule has 0 aliphatic carbocycles. The highest BCUT2D eigenvalue weighted by Crippen LogP contribution is 2.14. The molecule has 0 aromatic heterocycles. The number of carboxylic acid groups (broad SMARTS) is 1. The third-order valence-corrected chi connectivity index (χ3v) is 11.0. The van der Waals surface area contributed by atoms with Crippen molar-refractivity contribution < 1.29 is 38.2 Å². The number of carbonyl (C=O) groups is 3. The normalized spacial score (nSPS) is 13.3. The Hall–Kier alpha value is -2.71. The van der Waals surface area contributed by atoms with Crippen LogP contribution in [0.15, 0.2) is 48.6 Å². The number of quaternary nitrogens is 1. The van der Waals surface area contributed by atoms with Gasteiger partial charge >= 0.3 is 17.9 Å². The van der Waals surface area contributed by atoms with Crippen LogP contribution < -0.4 is 0 Å². The van der Waals surface area contributed by atoms with Crippen LogP contribution in [-0.4, -0.2) is 80.6 Å². The molecule has 1 N–H and O–H groups in total. The molecule has 0 aromatic rings. The van der Waals surface area contributed by atoms with Gasteiger partial charge in [0.15, 0.2) is 12.1 Å². The number of ether oxygens (including phenoxy) is 3. The maximum absolute atomic E-state index is 12.8. The monoisotopic (exact) mass is 845 g/mol. The highest BCUT2D eigenvalue weighted by Gasteiger charge is 2.31. The summed E-state index contributed by atoms with van der Waals surface area (Å²) in [6, 6.07) is -0.623. The number of allylic oxidation sites excluding steroid dienone is 8. The standard InChI is InChI=1S/C52H93NO7/c1-6-8-10-12-14-16-18-20-22-24-25-27-29-31-33-35-37-39-41-43-51(55)60-48(46-58-45-44-49(52(56)57)53(3,4)5)47-59-50(54)42-40-38-36-34-32-30-28-26-23-21-19-17-15-13-11-9-7-2/h21,23-25,28,30,34,36,48-49H,6-20,22,26-27,29,31-33,35,37-47H2,1-5H3/p+1/b23-21+,25-24+,30-28+,36-34+. The first-order valence-electron chi connectivity index (χ1n) is 24.7.